The number of nitrogens with zero attached hydrogens (tertiary/aromatic N) is 2. The molecule has 0 saturated heterocycles. The zero-order valence-electron chi connectivity index (χ0n) is 10.7. The molecule has 0 aliphatic rings. The minimum atomic E-state index is -3.29. The zero-order chi connectivity index (χ0) is 13.9. The van der Waals surface area contributed by atoms with E-state index >= 15 is 0 Å². The molecule has 0 atom stereocenters. The SMILES string of the molecule is CN(C)S(=O)(=O)CCNC(=O)c1cc(N)cn1C. The molecule has 0 radical (unpaired) electrons. The minimum Gasteiger partial charge on any atom is -0.397 e. The van der Waals surface area contributed by atoms with E-state index in [2.05, 4.69) is 5.32 Å². The van der Waals surface area contributed by atoms with Gasteiger partial charge in [-0.05, 0) is 6.07 Å². The summed E-state index contributed by atoms with van der Waals surface area (Å²) in [5, 5.41) is 2.54. The fourth-order valence-corrected chi connectivity index (χ4v) is 2.11. The van der Waals surface area contributed by atoms with E-state index in [9.17, 15) is 13.2 Å². The number of sulfonamides is 1. The first-order valence-corrected chi connectivity index (χ1v) is 6.95. The Morgan fingerprint density at radius 2 is 2.11 bits per heavy atom. The van der Waals surface area contributed by atoms with Crippen molar-refractivity contribution in [3.63, 3.8) is 0 Å². The van der Waals surface area contributed by atoms with Crippen LogP contribution >= 0.6 is 0 Å². The van der Waals surface area contributed by atoms with Crippen molar-refractivity contribution in [1.29, 1.82) is 0 Å². The molecule has 3 N–H and O–H groups in total. The van der Waals surface area contributed by atoms with Crippen molar-refractivity contribution < 1.29 is 13.2 Å². The van der Waals surface area contributed by atoms with Gasteiger partial charge in [0.2, 0.25) is 10.0 Å². The number of carbonyl (C=O) groups is 1. The summed E-state index contributed by atoms with van der Waals surface area (Å²) in [5.74, 6) is -0.478. The van der Waals surface area contributed by atoms with E-state index in [-0.39, 0.29) is 18.2 Å². The Balaban J connectivity index is 2.56. The van der Waals surface area contributed by atoms with E-state index in [4.69, 9.17) is 5.73 Å². The topological polar surface area (TPSA) is 97.4 Å². The third kappa shape index (κ3) is 3.47. The number of nitrogens with two attached hydrogens (primary N) is 1. The van der Waals surface area contributed by atoms with Crippen LogP contribution in [0, 0.1) is 0 Å². The van der Waals surface area contributed by atoms with E-state index < -0.39 is 10.0 Å². The van der Waals surface area contributed by atoms with Gasteiger partial charge in [-0.25, -0.2) is 12.7 Å². The molecule has 1 aromatic heterocycles. The maximum atomic E-state index is 11.7. The van der Waals surface area contributed by atoms with Crippen molar-refractivity contribution in [2.75, 3.05) is 32.1 Å². The molecule has 0 spiro atoms. The molecule has 1 aromatic rings. The molecule has 0 bridgehead atoms. The Labute approximate surface area is 107 Å². The lowest BCUT2D eigenvalue weighted by molar-refractivity contribution is 0.0948. The summed E-state index contributed by atoms with van der Waals surface area (Å²) in [4.78, 5) is 11.7. The largest absolute Gasteiger partial charge is 0.397 e. The quantitative estimate of drug-likeness (QED) is 0.736. The van der Waals surface area contributed by atoms with Gasteiger partial charge >= 0.3 is 0 Å². The smallest absolute Gasteiger partial charge is 0.268 e. The predicted molar refractivity (Wildman–Crippen MR) is 69.6 cm³/mol. The van der Waals surface area contributed by atoms with Crippen LogP contribution in [0.3, 0.4) is 0 Å². The van der Waals surface area contributed by atoms with Gasteiger partial charge in [-0.3, -0.25) is 4.79 Å². The third-order valence-corrected chi connectivity index (χ3v) is 4.29. The molecule has 18 heavy (non-hydrogen) atoms. The molecule has 102 valence electrons. The van der Waals surface area contributed by atoms with Gasteiger partial charge in [-0.2, -0.15) is 0 Å². The van der Waals surface area contributed by atoms with Crippen LogP contribution in [0.15, 0.2) is 12.3 Å². The van der Waals surface area contributed by atoms with Gasteiger partial charge in [-0.1, -0.05) is 0 Å². The molecule has 0 aromatic carbocycles. The summed E-state index contributed by atoms with van der Waals surface area (Å²) in [5.41, 5.74) is 6.44. The van der Waals surface area contributed by atoms with Crippen LogP contribution < -0.4 is 11.1 Å². The lowest BCUT2D eigenvalue weighted by Gasteiger charge is -2.11. The second-order valence-electron chi connectivity index (χ2n) is 4.12. The van der Waals surface area contributed by atoms with Crippen LogP contribution in [-0.4, -0.2) is 49.6 Å². The molecule has 0 unspecified atom stereocenters. The highest BCUT2D eigenvalue weighted by molar-refractivity contribution is 7.89. The number of rotatable bonds is 5. The van der Waals surface area contributed by atoms with Gasteiger partial charge in [-0.15, -0.1) is 0 Å². The molecule has 0 fully saturated rings. The molecule has 0 saturated carbocycles. The number of hydrogen-bond donors (Lipinski definition) is 2. The van der Waals surface area contributed by atoms with Crippen LogP contribution in [0.25, 0.3) is 0 Å². The van der Waals surface area contributed by atoms with Crippen molar-refractivity contribution in [2.24, 2.45) is 7.05 Å². The first-order valence-electron chi connectivity index (χ1n) is 5.34. The van der Waals surface area contributed by atoms with Crippen molar-refractivity contribution >= 4 is 21.6 Å². The number of anilines is 1. The van der Waals surface area contributed by atoms with E-state index in [0.717, 1.165) is 4.31 Å². The summed E-state index contributed by atoms with van der Waals surface area (Å²) in [6, 6.07) is 1.54. The highest BCUT2D eigenvalue weighted by Gasteiger charge is 2.15. The molecule has 1 heterocycles. The Morgan fingerprint density at radius 3 is 2.56 bits per heavy atom. The lowest BCUT2D eigenvalue weighted by atomic mass is 10.4. The lowest BCUT2D eigenvalue weighted by Crippen LogP contribution is -2.34. The van der Waals surface area contributed by atoms with Crippen LogP contribution in [0.4, 0.5) is 5.69 Å². The molecule has 1 rings (SSSR count). The maximum absolute atomic E-state index is 11.7. The van der Waals surface area contributed by atoms with Crippen molar-refractivity contribution in [1.82, 2.24) is 14.2 Å². The second-order valence-corrected chi connectivity index (χ2v) is 6.43. The number of aryl methyl sites for hydroxylation is 1. The van der Waals surface area contributed by atoms with Crippen molar-refractivity contribution in [2.45, 2.75) is 0 Å². The molecule has 7 nitrogen and oxygen atoms in total. The highest BCUT2D eigenvalue weighted by atomic mass is 32.2. The van der Waals surface area contributed by atoms with E-state index in [1.165, 1.54) is 20.2 Å². The number of nitrogen functional groups attached to an aromatic ring is 1. The highest BCUT2D eigenvalue weighted by Crippen LogP contribution is 2.08. The second kappa shape index (κ2) is 5.40. The van der Waals surface area contributed by atoms with Crippen LogP contribution in [-0.2, 0) is 17.1 Å². The van der Waals surface area contributed by atoms with Crippen molar-refractivity contribution in [3.05, 3.63) is 18.0 Å². The number of carbonyl (C=O) groups excluding carboxylic acids is 1. The average molecular weight is 274 g/mol. The van der Waals surface area contributed by atoms with Gasteiger partial charge in [0, 0.05) is 33.9 Å². The number of hydrogen-bond acceptors (Lipinski definition) is 4. The van der Waals surface area contributed by atoms with Gasteiger partial charge in [0.05, 0.1) is 11.4 Å². The Hall–Kier alpha value is -1.54. The predicted octanol–water partition coefficient (Wildman–Crippen LogP) is -0.771. The first-order chi connectivity index (χ1) is 8.24. The fraction of sp³-hybridized carbons (Fsp3) is 0.500. The number of aromatic nitrogens is 1. The summed E-state index contributed by atoms with van der Waals surface area (Å²) in [6.45, 7) is 0.0600. The van der Waals surface area contributed by atoms with E-state index in [0.29, 0.717) is 11.4 Å². The molecule has 0 aliphatic carbocycles. The summed E-state index contributed by atoms with van der Waals surface area (Å²) in [7, 11) is 1.31. The van der Waals surface area contributed by atoms with E-state index in [1.54, 1.807) is 17.8 Å². The molecular weight excluding hydrogens is 256 g/mol. The molecule has 1 amide bonds. The first kappa shape index (κ1) is 14.5. The minimum absolute atomic E-state index is 0.0600. The average Bonchev–Trinajstić information content (AvgIpc) is 2.57. The van der Waals surface area contributed by atoms with Gasteiger partial charge in [0.15, 0.2) is 0 Å². The zero-order valence-corrected chi connectivity index (χ0v) is 11.5. The van der Waals surface area contributed by atoms with Crippen molar-refractivity contribution in [3.8, 4) is 0 Å². The molecular formula is C10H18N4O3S. The molecule has 8 heteroatoms. The van der Waals surface area contributed by atoms with Gasteiger partial charge in [0.25, 0.3) is 5.91 Å². The third-order valence-electron chi connectivity index (χ3n) is 2.46. The Morgan fingerprint density at radius 1 is 1.50 bits per heavy atom. The van der Waals surface area contributed by atoms with Gasteiger partial charge in [0.1, 0.15) is 5.69 Å². The Bertz CT molecular complexity index is 533. The standard InChI is InChI=1S/C10H18N4O3S/c1-13(2)18(16,17)5-4-12-10(15)9-6-8(11)7-14(9)3/h6-7H,4-5,11H2,1-3H3,(H,12,15). The maximum Gasteiger partial charge on any atom is 0.268 e. The van der Waals surface area contributed by atoms with Gasteiger partial charge < -0.3 is 15.6 Å². The van der Waals surface area contributed by atoms with Crippen LogP contribution in [0.1, 0.15) is 10.5 Å². The molecule has 0 aliphatic heterocycles. The number of nitrogens with one attached hydrogen (secondary N) is 1. The normalized spacial score (nSPS) is 11.8. The van der Waals surface area contributed by atoms with E-state index in [1.807, 2.05) is 0 Å². The van der Waals surface area contributed by atoms with Crippen LogP contribution in [0.5, 0.6) is 0 Å². The summed E-state index contributed by atoms with van der Waals surface area (Å²) < 4.78 is 25.7. The number of amides is 1. The monoisotopic (exact) mass is 274 g/mol. The Kier molecular flexibility index (Phi) is 4.36. The van der Waals surface area contributed by atoms with Crippen LogP contribution in [0.2, 0.25) is 0 Å². The summed E-state index contributed by atoms with van der Waals surface area (Å²) in [6.07, 6.45) is 1.62. The summed E-state index contributed by atoms with van der Waals surface area (Å²) >= 11 is 0. The fourth-order valence-electron chi connectivity index (χ4n) is 1.38.